The van der Waals surface area contributed by atoms with Gasteiger partial charge < -0.3 is 10.1 Å². The summed E-state index contributed by atoms with van der Waals surface area (Å²) in [6, 6.07) is 19.3. The minimum atomic E-state index is 0.546. The summed E-state index contributed by atoms with van der Waals surface area (Å²) in [5.41, 5.74) is 2.56. The first-order chi connectivity index (χ1) is 11.9. The number of hydrogen-bond acceptors (Lipinski definition) is 5. The first-order valence-electron chi connectivity index (χ1n) is 8.14. The highest BCUT2D eigenvalue weighted by molar-refractivity contribution is 7.05. The summed E-state index contributed by atoms with van der Waals surface area (Å²) < 4.78 is 9.86. The maximum absolute atomic E-state index is 5.84. The number of benzene rings is 2. The van der Waals surface area contributed by atoms with E-state index in [9.17, 15) is 0 Å². The fourth-order valence-electron chi connectivity index (χ4n) is 2.83. The zero-order chi connectivity index (χ0) is 16.2. The van der Waals surface area contributed by atoms with Crippen LogP contribution in [0.15, 0.2) is 60.9 Å². The van der Waals surface area contributed by atoms with Crippen LogP contribution in [-0.2, 0) is 13.2 Å². The molecule has 2 unspecified atom stereocenters. The van der Waals surface area contributed by atoms with E-state index in [-0.39, 0.29) is 0 Å². The molecule has 1 fully saturated rings. The van der Waals surface area contributed by atoms with Crippen LogP contribution in [0.25, 0.3) is 0 Å². The first-order valence-corrected chi connectivity index (χ1v) is 8.91. The van der Waals surface area contributed by atoms with Crippen LogP contribution in [0.5, 0.6) is 5.75 Å². The van der Waals surface area contributed by atoms with Gasteiger partial charge in [0.1, 0.15) is 23.7 Å². The number of nitrogens with zero attached hydrogens (tertiary/aromatic N) is 2. The molecule has 0 spiro atoms. The van der Waals surface area contributed by atoms with E-state index in [0.29, 0.717) is 18.6 Å². The van der Waals surface area contributed by atoms with Crippen molar-refractivity contribution in [3.63, 3.8) is 0 Å². The molecule has 1 aliphatic carbocycles. The lowest BCUT2D eigenvalue weighted by molar-refractivity contribution is 0.306. The van der Waals surface area contributed by atoms with Crippen molar-refractivity contribution in [2.75, 3.05) is 0 Å². The van der Waals surface area contributed by atoms with Crippen molar-refractivity contribution in [2.24, 2.45) is 0 Å². The Morgan fingerprint density at radius 3 is 2.67 bits per heavy atom. The topological polar surface area (TPSA) is 47.0 Å². The Morgan fingerprint density at radius 2 is 1.92 bits per heavy atom. The SMILES string of the molecule is c1ccc(COc2ccc(C3CC3NCc3ncns3)cc2)cc1. The molecule has 5 heteroatoms. The monoisotopic (exact) mass is 337 g/mol. The molecule has 0 saturated heterocycles. The molecule has 24 heavy (non-hydrogen) atoms. The van der Waals surface area contributed by atoms with E-state index in [1.165, 1.54) is 29.1 Å². The lowest BCUT2D eigenvalue weighted by atomic mass is 10.1. The van der Waals surface area contributed by atoms with Crippen LogP contribution in [0.1, 0.15) is 28.5 Å². The summed E-state index contributed by atoms with van der Waals surface area (Å²) in [6.45, 7) is 1.42. The molecule has 3 aromatic rings. The van der Waals surface area contributed by atoms with Crippen LogP contribution in [-0.4, -0.2) is 15.4 Å². The third-order valence-corrected chi connectivity index (χ3v) is 4.93. The van der Waals surface area contributed by atoms with Crippen LogP contribution in [0.2, 0.25) is 0 Å². The van der Waals surface area contributed by atoms with E-state index >= 15 is 0 Å². The highest BCUT2D eigenvalue weighted by atomic mass is 32.1. The maximum Gasteiger partial charge on any atom is 0.129 e. The van der Waals surface area contributed by atoms with E-state index in [2.05, 4.69) is 51.1 Å². The Bertz CT molecular complexity index is 759. The van der Waals surface area contributed by atoms with Crippen molar-refractivity contribution in [3.8, 4) is 5.75 Å². The van der Waals surface area contributed by atoms with Gasteiger partial charge in [0.2, 0.25) is 0 Å². The summed E-state index contributed by atoms with van der Waals surface area (Å²) in [7, 11) is 0. The quantitative estimate of drug-likeness (QED) is 0.713. The fourth-order valence-corrected chi connectivity index (χ4v) is 3.29. The van der Waals surface area contributed by atoms with E-state index in [1.807, 2.05) is 18.2 Å². The molecule has 1 aliphatic rings. The van der Waals surface area contributed by atoms with Crippen molar-refractivity contribution in [2.45, 2.75) is 31.5 Å². The van der Waals surface area contributed by atoms with Crippen molar-refractivity contribution in [3.05, 3.63) is 77.1 Å². The highest BCUT2D eigenvalue weighted by Gasteiger charge is 2.37. The fraction of sp³-hybridized carbons (Fsp3) is 0.263. The van der Waals surface area contributed by atoms with Crippen molar-refractivity contribution in [1.82, 2.24) is 14.7 Å². The van der Waals surface area contributed by atoms with E-state index < -0.39 is 0 Å². The summed E-state index contributed by atoms with van der Waals surface area (Å²) >= 11 is 1.46. The second-order valence-electron chi connectivity index (χ2n) is 6.01. The lowest BCUT2D eigenvalue weighted by Crippen LogP contribution is -2.17. The third-order valence-electron chi connectivity index (χ3n) is 4.27. The standard InChI is InChI=1S/C19H19N3OS/c1-2-4-14(5-3-1)12-23-16-8-6-15(7-9-16)17-10-18(17)20-11-19-21-13-22-24-19/h1-9,13,17-18,20H,10-12H2. The minimum absolute atomic E-state index is 0.546. The zero-order valence-electron chi connectivity index (χ0n) is 13.3. The molecule has 1 aromatic heterocycles. The van der Waals surface area contributed by atoms with Gasteiger partial charge in [0, 0.05) is 18.5 Å². The second kappa shape index (κ2) is 7.11. The largest absolute Gasteiger partial charge is 0.489 e. The molecule has 1 saturated carbocycles. The van der Waals surface area contributed by atoms with Crippen molar-refractivity contribution in [1.29, 1.82) is 0 Å². The molecule has 1 N–H and O–H groups in total. The van der Waals surface area contributed by atoms with Crippen LogP contribution in [0.3, 0.4) is 0 Å². The van der Waals surface area contributed by atoms with E-state index in [4.69, 9.17) is 4.74 Å². The Balaban J connectivity index is 1.27. The predicted molar refractivity (Wildman–Crippen MR) is 95.1 cm³/mol. The molecule has 0 bridgehead atoms. The Morgan fingerprint density at radius 1 is 1.08 bits per heavy atom. The summed E-state index contributed by atoms with van der Waals surface area (Å²) in [5.74, 6) is 1.52. The maximum atomic E-state index is 5.84. The van der Waals surface area contributed by atoms with Crippen molar-refractivity contribution >= 4 is 11.5 Å². The van der Waals surface area contributed by atoms with E-state index in [0.717, 1.165) is 17.3 Å². The molecular weight excluding hydrogens is 318 g/mol. The van der Waals surface area contributed by atoms with Gasteiger partial charge in [-0.25, -0.2) is 4.98 Å². The lowest BCUT2D eigenvalue weighted by Gasteiger charge is -2.07. The summed E-state index contributed by atoms with van der Waals surface area (Å²) in [4.78, 5) is 4.20. The Hall–Kier alpha value is -2.24. The van der Waals surface area contributed by atoms with Crippen LogP contribution < -0.4 is 10.1 Å². The van der Waals surface area contributed by atoms with Gasteiger partial charge in [-0.3, -0.25) is 0 Å². The minimum Gasteiger partial charge on any atom is -0.489 e. The number of aromatic nitrogens is 2. The smallest absolute Gasteiger partial charge is 0.129 e. The van der Waals surface area contributed by atoms with Gasteiger partial charge in [0.15, 0.2) is 0 Å². The molecule has 2 atom stereocenters. The van der Waals surface area contributed by atoms with E-state index in [1.54, 1.807) is 6.33 Å². The molecule has 4 rings (SSSR count). The normalized spacial score (nSPS) is 19.2. The number of rotatable bonds is 7. The first kappa shape index (κ1) is 15.3. The number of ether oxygens (including phenoxy) is 1. The van der Waals surface area contributed by atoms with Crippen LogP contribution in [0.4, 0.5) is 0 Å². The molecule has 1 heterocycles. The molecule has 2 aromatic carbocycles. The Kier molecular flexibility index (Phi) is 4.53. The van der Waals surface area contributed by atoms with Crippen molar-refractivity contribution < 1.29 is 4.74 Å². The molecular formula is C19H19N3OS. The van der Waals surface area contributed by atoms with Gasteiger partial charge in [-0.1, -0.05) is 42.5 Å². The van der Waals surface area contributed by atoms with Gasteiger partial charge in [-0.05, 0) is 41.2 Å². The molecule has 4 nitrogen and oxygen atoms in total. The summed E-state index contributed by atoms with van der Waals surface area (Å²) in [5, 5.41) is 4.59. The zero-order valence-corrected chi connectivity index (χ0v) is 14.1. The van der Waals surface area contributed by atoms with Crippen LogP contribution in [0, 0.1) is 0 Å². The molecule has 0 amide bonds. The van der Waals surface area contributed by atoms with Crippen LogP contribution >= 0.6 is 11.5 Å². The van der Waals surface area contributed by atoms with Gasteiger partial charge in [0.25, 0.3) is 0 Å². The van der Waals surface area contributed by atoms with Gasteiger partial charge >= 0.3 is 0 Å². The van der Waals surface area contributed by atoms with Gasteiger partial charge in [-0.2, -0.15) is 4.37 Å². The molecule has 0 aliphatic heterocycles. The number of hydrogen-bond donors (Lipinski definition) is 1. The van der Waals surface area contributed by atoms with Gasteiger partial charge in [-0.15, -0.1) is 0 Å². The average molecular weight is 337 g/mol. The van der Waals surface area contributed by atoms with Gasteiger partial charge in [0.05, 0.1) is 0 Å². The second-order valence-corrected chi connectivity index (χ2v) is 6.87. The molecule has 0 radical (unpaired) electrons. The molecule has 122 valence electrons. The highest BCUT2D eigenvalue weighted by Crippen LogP contribution is 2.41. The summed E-state index contributed by atoms with van der Waals surface area (Å²) in [6.07, 6.45) is 2.79. The Labute approximate surface area is 145 Å². The third kappa shape index (κ3) is 3.80. The number of nitrogens with one attached hydrogen (secondary N) is 1. The average Bonchev–Trinajstić information content (AvgIpc) is 3.23. The predicted octanol–water partition coefficient (Wildman–Crippen LogP) is 3.76.